The number of hydrazone groups is 1. The van der Waals surface area contributed by atoms with Crippen molar-refractivity contribution in [3.63, 3.8) is 0 Å². The molecule has 0 spiro atoms. The van der Waals surface area contributed by atoms with Gasteiger partial charge < -0.3 is 10.2 Å². The molecule has 1 heterocycles. The molecule has 38 heavy (non-hydrogen) atoms. The van der Waals surface area contributed by atoms with Crippen LogP contribution in [0.3, 0.4) is 0 Å². The maximum Gasteiger partial charge on any atom is 0.254 e. The fourth-order valence-corrected chi connectivity index (χ4v) is 4.59. The minimum Gasteiger partial charge on any atom is -0.346 e. The van der Waals surface area contributed by atoms with Crippen LogP contribution in [0.2, 0.25) is 0 Å². The largest absolute Gasteiger partial charge is 0.346 e. The minimum atomic E-state index is -0.607. The first-order valence-corrected chi connectivity index (χ1v) is 13.7. The lowest BCUT2D eigenvalue weighted by molar-refractivity contribution is -0.135. The van der Waals surface area contributed by atoms with Gasteiger partial charge in [0.25, 0.3) is 5.91 Å². The molecule has 2 aromatic rings. The molecule has 0 radical (unpaired) electrons. The van der Waals surface area contributed by atoms with Crippen molar-refractivity contribution in [2.45, 2.75) is 64.7 Å². The molecule has 8 heteroatoms. The van der Waals surface area contributed by atoms with Crippen LogP contribution in [0.25, 0.3) is 0 Å². The van der Waals surface area contributed by atoms with Gasteiger partial charge in [0, 0.05) is 19.5 Å². The van der Waals surface area contributed by atoms with Crippen molar-refractivity contribution in [3.8, 4) is 0 Å². The van der Waals surface area contributed by atoms with Gasteiger partial charge in [-0.1, -0.05) is 81.5 Å². The van der Waals surface area contributed by atoms with E-state index in [-0.39, 0.29) is 29.8 Å². The summed E-state index contributed by atoms with van der Waals surface area (Å²) in [5.41, 5.74) is 3.75. The number of halogens is 1. The number of benzene rings is 2. The van der Waals surface area contributed by atoms with E-state index in [0.29, 0.717) is 31.6 Å². The second-order valence-electron chi connectivity index (χ2n) is 9.76. The molecule has 204 valence electrons. The smallest absolute Gasteiger partial charge is 0.254 e. The second kappa shape index (κ2) is 15.6. The Morgan fingerprint density at radius 1 is 0.974 bits per heavy atom. The maximum atomic E-state index is 14.0. The van der Waals surface area contributed by atoms with E-state index in [9.17, 15) is 18.8 Å². The molecular weight excluding hydrogens is 483 g/mol. The number of rotatable bonds is 13. The van der Waals surface area contributed by atoms with Gasteiger partial charge in [0.05, 0.1) is 23.7 Å². The second-order valence-corrected chi connectivity index (χ2v) is 9.76. The zero-order valence-corrected chi connectivity index (χ0v) is 22.3. The van der Waals surface area contributed by atoms with E-state index in [4.69, 9.17) is 0 Å². The number of nitrogens with zero attached hydrogens (tertiary/aromatic N) is 2. The lowest BCUT2D eigenvalue weighted by Crippen LogP contribution is -2.45. The Morgan fingerprint density at radius 3 is 2.45 bits per heavy atom. The molecule has 7 nitrogen and oxygen atoms in total. The van der Waals surface area contributed by atoms with Gasteiger partial charge in [-0.05, 0) is 37.0 Å². The number of carbonyl (C=O) groups is 3. The Kier molecular flexibility index (Phi) is 11.9. The van der Waals surface area contributed by atoms with Crippen LogP contribution in [0.15, 0.2) is 59.7 Å². The van der Waals surface area contributed by atoms with E-state index >= 15 is 0 Å². The number of piperidine rings is 1. The average molecular weight is 523 g/mol. The predicted molar refractivity (Wildman–Crippen MR) is 147 cm³/mol. The molecule has 3 amide bonds. The first-order valence-electron chi connectivity index (χ1n) is 13.7. The Morgan fingerprint density at radius 2 is 1.68 bits per heavy atom. The van der Waals surface area contributed by atoms with Crippen LogP contribution in [0.4, 0.5) is 4.39 Å². The van der Waals surface area contributed by atoms with E-state index in [1.54, 1.807) is 11.0 Å². The van der Waals surface area contributed by atoms with Gasteiger partial charge in [0.1, 0.15) is 5.82 Å². The lowest BCUT2D eigenvalue weighted by atomic mass is 9.97. The molecule has 1 atom stereocenters. The summed E-state index contributed by atoms with van der Waals surface area (Å²) in [6.07, 6.45) is 8.76. The lowest BCUT2D eigenvalue weighted by Gasteiger charge is -2.31. The fourth-order valence-electron chi connectivity index (χ4n) is 4.59. The Balaban J connectivity index is 1.56. The third-order valence-electron chi connectivity index (χ3n) is 6.83. The highest BCUT2D eigenvalue weighted by Crippen LogP contribution is 2.19. The summed E-state index contributed by atoms with van der Waals surface area (Å²) in [4.78, 5) is 40.0. The summed E-state index contributed by atoms with van der Waals surface area (Å²) in [6, 6.07) is 14.9. The molecule has 0 aromatic heterocycles. The van der Waals surface area contributed by atoms with Crippen molar-refractivity contribution < 1.29 is 18.8 Å². The number of carbonyl (C=O) groups excluding carboxylic acids is 3. The molecule has 0 unspecified atom stereocenters. The van der Waals surface area contributed by atoms with Crippen LogP contribution in [0.5, 0.6) is 0 Å². The molecular formula is C30H39FN4O3. The van der Waals surface area contributed by atoms with Gasteiger partial charge >= 0.3 is 0 Å². The molecule has 1 aliphatic rings. The molecule has 2 aromatic carbocycles. The van der Waals surface area contributed by atoms with E-state index in [0.717, 1.165) is 31.2 Å². The monoisotopic (exact) mass is 522 g/mol. The summed E-state index contributed by atoms with van der Waals surface area (Å²) in [7, 11) is 0. The molecule has 1 fully saturated rings. The first-order chi connectivity index (χ1) is 18.5. The summed E-state index contributed by atoms with van der Waals surface area (Å²) in [5, 5.41) is 7.00. The average Bonchev–Trinajstić information content (AvgIpc) is 2.95. The van der Waals surface area contributed by atoms with Gasteiger partial charge in [0.15, 0.2) is 0 Å². The van der Waals surface area contributed by atoms with Crippen molar-refractivity contribution in [1.29, 1.82) is 0 Å². The summed E-state index contributed by atoms with van der Waals surface area (Å²) in [5.74, 6) is -1.65. The van der Waals surface area contributed by atoms with Crippen LogP contribution < -0.4 is 10.7 Å². The van der Waals surface area contributed by atoms with Gasteiger partial charge in [-0.15, -0.1) is 0 Å². The van der Waals surface area contributed by atoms with E-state index in [2.05, 4.69) is 22.8 Å². The highest BCUT2D eigenvalue weighted by Gasteiger charge is 2.28. The zero-order chi connectivity index (χ0) is 27.2. The van der Waals surface area contributed by atoms with Crippen LogP contribution in [0, 0.1) is 11.7 Å². The number of nitrogens with one attached hydrogen (secondary N) is 2. The predicted octanol–water partition coefficient (Wildman–Crippen LogP) is 5.07. The van der Waals surface area contributed by atoms with E-state index in [1.807, 2.05) is 30.3 Å². The van der Waals surface area contributed by atoms with Gasteiger partial charge in [-0.2, -0.15) is 5.10 Å². The number of likely N-dealkylation sites (tertiary alicyclic amines) is 1. The number of amides is 3. The van der Waals surface area contributed by atoms with Crippen molar-refractivity contribution in [3.05, 3.63) is 71.5 Å². The Labute approximate surface area is 224 Å². The summed E-state index contributed by atoms with van der Waals surface area (Å²) < 4.78 is 14.0. The SMILES string of the molecule is CCCCCCCCC(=O)N1CCC[C@@H](C(=O)N/N=C(\CNC(=O)c2ccccc2F)c2ccccc2)C1. The van der Waals surface area contributed by atoms with Crippen LogP contribution in [-0.2, 0) is 9.59 Å². The fraction of sp³-hybridized carbons (Fsp3) is 0.467. The first kappa shape index (κ1) is 29.0. The zero-order valence-electron chi connectivity index (χ0n) is 22.3. The molecule has 1 saturated heterocycles. The van der Waals surface area contributed by atoms with Crippen molar-refractivity contribution >= 4 is 23.4 Å². The van der Waals surface area contributed by atoms with E-state index in [1.165, 1.54) is 37.5 Å². The van der Waals surface area contributed by atoms with Crippen LogP contribution in [0.1, 0.15) is 80.6 Å². The van der Waals surface area contributed by atoms with Crippen LogP contribution >= 0.6 is 0 Å². The van der Waals surface area contributed by atoms with Crippen LogP contribution in [-0.4, -0.2) is 48.0 Å². The maximum absolute atomic E-state index is 14.0. The van der Waals surface area contributed by atoms with Gasteiger partial charge in [-0.3, -0.25) is 14.4 Å². The normalized spacial score (nSPS) is 15.7. The van der Waals surface area contributed by atoms with Crippen molar-refractivity contribution in [1.82, 2.24) is 15.6 Å². The van der Waals surface area contributed by atoms with E-state index < -0.39 is 11.7 Å². The minimum absolute atomic E-state index is 0.00495. The number of hydrogen-bond acceptors (Lipinski definition) is 4. The molecule has 3 rings (SSSR count). The van der Waals surface area contributed by atoms with Crippen molar-refractivity contribution in [2.24, 2.45) is 11.0 Å². The van der Waals surface area contributed by atoms with Crippen molar-refractivity contribution in [2.75, 3.05) is 19.6 Å². The Bertz CT molecular complexity index is 1090. The number of unbranched alkanes of at least 4 members (excludes halogenated alkanes) is 5. The summed E-state index contributed by atoms with van der Waals surface area (Å²) in [6.45, 7) is 3.26. The van der Waals surface area contributed by atoms with Gasteiger partial charge in [-0.25, -0.2) is 9.82 Å². The standard InChI is InChI=1S/C30H39FN4O3/c1-2-3-4-5-6-10-19-28(36)35-20-13-16-24(22-35)29(37)34-33-27(23-14-8-7-9-15-23)21-32-30(38)25-17-11-12-18-26(25)31/h7-9,11-12,14-15,17-18,24H,2-6,10,13,16,19-22H2,1H3,(H,32,38)(H,34,37)/b33-27+/t24-/m1/s1. The molecule has 0 aliphatic carbocycles. The molecule has 0 bridgehead atoms. The number of hydrogen-bond donors (Lipinski definition) is 2. The third kappa shape index (κ3) is 9.08. The van der Waals surface area contributed by atoms with Gasteiger partial charge in [0.2, 0.25) is 11.8 Å². The highest BCUT2D eigenvalue weighted by molar-refractivity contribution is 6.05. The topological polar surface area (TPSA) is 90.9 Å². The highest BCUT2D eigenvalue weighted by atomic mass is 19.1. The molecule has 2 N–H and O–H groups in total. The third-order valence-corrected chi connectivity index (χ3v) is 6.83. The Hall–Kier alpha value is -3.55. The molecule has 0 saturated carbocycles. The quantitative estimate of drug-likeness (QED) is 0.219. The summed E-state index contributed by atoms with van der Waals surface area (Å²) >= 11 is 0. The molecule has 1 aliphatic heterocycles.